The second kappa shape index (κ2) is 9.64. The van der Waals surface area contributed by atoms with Gasteiger partial charge in [-0.25, -0.2) is 4.79 Å². The number of rotatable bonds is 8. The normalized spacial score (nSPS) is 11.4. The number of carbonyl (C=O) groups is 2. The van der Waals surface area contributed by atoms with E-state index in [0.29, 0.717) is 17.2 Å². The summed E-state index contributed by atoms with van der Waals surface area (Å²) in [6.07, 6.45) is 0.919. The molecular formula is C17H26N2O5. The van der Waals surface area contributed by atoms with Crippen molar-refractivity contribution in [3.05, 3.63) is 18.2 Å². The molecule has 0 saturated heterocycles. The Morgan fingerprint density at radius 3 is 2.46 bits per heavy atom. The highest BCUT2D eigenvalue weighted by Crippen LogP contribution is 2.29. The second-order valence-corrected chi connectivity index (χ2v) is 5.27. The standard InChI is InChI=1S/C17H26N2O5/c1-6-12(2)19(10-9-16(20)24-5)17(21)18-14-8-7-13(22-3)11-15(14)23-4/h7-8,11-12H,6,9-10H2,1-5H3,(H,18,21). The van der Waals surface area contributed by atoms with E-state index in [1.54, 1.807) is 30.2 Å². The summed E-state index contributed by atoms with van der Waals surface area (Å²) in [4.78, 5) is 25.6. The van der Waals surface area contributed by atoms with E-state index in [2.05, 4.69) is 10.1 Å². The minimum atomic E-state index is -0.349. The van der Waals surface area contributed by atoms with Crippen molar-refractivity contribution in [2.45, 2.75) is 32.7 Å². The molecule has 134 valence electrons. The lowest BCUT2D eigenvalue weighted by atomic mass is 10.2. The number of carbonyl (C=O) groups excluding carboxylic acids is 2. The van der Waals surface area contributed by atoms with Gasteiger partial charge >= 0.3 is 12.0 Å². The molecule has 2 amide bonds. The fourth-order valence-electron chi connectivity index (χ4n) is 2.15. The Bertz CT molecular complexity index is 562. The number of esters is 1. The van der Waals surface area contributed by atoms with Gasteiger partial charge in [0.2, 0.25) is 0 Å². The van der Waals surface area contributed by atoms with Crippen LogP contribution in [-0.4, -0.2) is 50.8 Å². The third kappa shape index (κ3) is 5.33. The van der Waals surface area contributed by atoms with Gasteiger partial charge in [0.05, 0.1) is 33.4 Å². The summed E-state index contributed by atoms with van der Waals surface area (Å²) in [7, 11) is 4.41. The summed E-state index contributed by atoms with van der Waals surface area (Å²) >= 11 is 0. The first-order valence-electron chi connectivity index (χ1n) is 7.83. The molecule has 7 nitrogen and oxygen atoms in total. The first kappa shape index (κ1) is 19.6. The molecular weight excluding hydrogens is 312 g/mol. The molecule has 1 rings (SSSR count). The second-order valence-electron chi connectivity index (χ2n) is 5.27. The Hall–Kier alpha value is -2.44. The number of urea groups is 1. The van der Waals surface area contributed by atoms with Crippen LogP contribution >= 0.6 is 0 Å². The van der Waals surface area contributed by atoms with E-state index in [-0.39, 0.29) is 31.0 Å². The minimum Gasteiger partial charge on any atom is -0.497 e. The maximum atomic E-state index is 12.6. The van der Waals surface area contributed by atoms with E-state index in [0.717, 1.165) is 6.42 Å². The first-order valence-corrected chi connectivity index (χ1v) is 7.83. The number of benzene rings is 1. The number of hydrogen-bond acceptors (Lipinski definition) is 5. The van der Waals surface area contributed by atoms with Crippen molar-refractivity contribution in [2.75, 3.05) is 33.2 Å². The molecule has 0 bridgehead atoms. The van der Waals surface area contributed by atoms with E-state index in [1.165, 1.54) is 14.2 Å². The highest BCUT2D eigenvalue weighted by molar-refractivity contribution is 5.91. The monoisotopic (exact) mass is 338 g/mol. The molecule has 0 heterocycles. The van der Waals surface area contributed by atoms with E-state index in [1.807, 2.05) is 13.8 Å². The molecule has 0 aliphatic carbocycles. The van der Waals surface area contributed by atoms with Gasteiger partial charge < -0.3 is 24.4 Å². The molecule has 0 spiro atoms. The number of anilines is 1. The van der Waals surface area contributed by atoms with Gasteiger partial charge in [-0.2, -0.15) is 0 Å². The molecule has 1 aromatic carbocycles. The van der Waals surface area contributed by atoms with Crippen LogP contribution in [0.1, 0.15) is 26.7 Å². The molecule has 0 fully saturated rings. The zero-order chi connectivity index (χ0) is 18.1. The number of nitrogens with one attached hydrogen (secondary N) is 1. The number of methoxy groups -OCH3 is 3. The summed E-state index contributed by atoms with van der Waals surface area (Å²) in [6.45, 7) is 4.20. The summed E-state index contributed by atoms with van der Waals surface area (Å²) < 4.78 is 15.1. The third-order valence-electron chi connectivity index (χ3n) is 3.82. The molecule has 7 heteroatoms. The van der Waals surface area contributed by atoms with Gasteiger partial charge in [-0.15, -0.1) is 0 Å². The van der Waals surface area contributed by atoms with Crippen LogP contribution in [0.25, 0.3) is 0 Å². The number of ether oxygens (including phenoxy) is 3. The number of nitrogens with zero attached hydrogens (tertiary/aromatic N) is 1. The van der Waals surface area contributed by atoms with Crippen LogP contribution in [0.4, 0.5) is 10.5 Å². The third-order valence-corrected chi connectivity index (χ3v) is 3.82. The predicted molar refractivity (Wildman–Crippen MR) is 91.7 cm³/mol. The van der Waals surface area contributed by atoms with Crippen LogP contribution in [0.5, 0.6) is 11.5 Å². The van der Waals surface area contributed by atoms with Crippen molar-refractivity contribution in [3.63, 3.8) is 0 Å². The molecule has 1 aromatic rings. The van der Waals surface area contributed by atoms with Gasteiger partial charge in [-0.05, 0) is 25.5 Å². The van der Waals surface area contributed by atoms with Crippen molar-refractivity contribution in [2.24, 2.45) is 0 Å². The van der Waals surface area contributed by atoms with E-state index >= 15 is 0 Å². The highest BCUT2D eigenvalue weighted by Gasteiger charge is 2.21. The summed E-state index contributed by atoms with van der Waals surface area (Å²) in [5.74, 6) is 0.784. The Morgan fingerprint density at radius 2 is 1.92 bits per heavy atom. The van der Waals surface area contributed by atoms with Crippen LogP contribution in [0.15, 0.2) is 18.2 Å². The molecule has 0 aliphatic heterocycles. The highest BCUT2D eigenvalue weighted by atomic mass is 16.5. The van der Waals surface area contributed by atoms with Gasteiger partial charge in [0, 0.05) is 18.7 Å². The molecule has 0 radical (unpaired) electrons. The Labute approximate surface area is 142 Å². The summed E-state index contributed by atoms with van der Waals surface area (Å²) in [6, 6.07) is 4.83. The van der Waals surface area contributed by atoms with Crippen LogP contribution in [0, 0.1) is 0 Å². The van der Waals surface area contributed by atoms with Crippen molar-refractivity contribution in [1.29, 1.82) is 0 Å². The smallest absolute Gasteiger partial charge is 0.322 e. The largest absolute Gasteiger partial charge is 0.497 e. The summed E-state index contributed by atoms with van der Waals surface area (Å²) in [5.41, 5.74) is 0.537. The van der Waals surface area contributed by atoms with Gasteiger partial charge in [0.1, 0.15) is 11.5 Å². The average molecular weight is 338 g/mol. The zero-order valence-corrected chi connectivity index (χ0v) is 14.9. The van der Waals surface area contributed by atoms with E-state index < -0.39 is 0 Å². The predicted octanol–water partition coefficient (Wildman–Crippen LogP) is 2.90. The SMILES string of the molecule is CCC(C)N(CCC(=O)OC)C(=O)Nc1ccc(OC)cc1OC. The zero-order valence-electron chi connectivity index (χ0n) is 14.9. The molecule has 24 heavy (non-hydrogen) atoms. The number of hydrogen-bond donors (Lipinski definition) is 1. The molecule has 0 aromatic heterocycles. The van der Waals surface area contributed by atoms with Crippen molar-refractivity contribution < 1.29 is 23.8 Å². The van der Waals surface area contributed by atoms with Crippen molar-refractivity contribution in [3.8, 4) is 11.5 Å². The fraction of sp³-hybridized carbons (Fsp3) is 0.529. The van der Waals surface area contributed by atoms with Crippen LogP contribution in [-0.2, 0) is 9.53 Å². The molecule has 1 unspecified atom stereocenters. The van der Waals surface area contributed by atoms with Gasteiger partial charge in [0.25, 0.3) is 0 Å². The lowest BCUT2D eigenvalue weighted by Crippen LogP contribution is -2.42. The van der Waals surface area contributed by atoms with Crippen LogP contribution in [0.2, 0.25) is 0 Å². The Morgan fingerprint density at radius 1 is 1.21 bits per heavy atom. The van der Waals surface area contributed by atoms with Crippen LogP contribution in [0.3, 0.4) is 0 Å². The lowest BCUT2D eigenvalue weighted by Gasteiger charge is -2.28. The van der Waals surface area contributed by atoms with Crippen molar-refractivity contribution in [1.82, 2.24) is 4.90 Å². The quantitative estimate of drug-likeness (QED) is 0.738. The van der Waals surface area contributed by atoms with Gasteiger partial charge in [-0.1, -0.05) is 6.92 Å². The Kier molecular flexibility index (Phi) is 7.88. The minimum absolute atomic E-state index is 0.0149. The maximum absolute atomic E-state index is 12.6. The van der Waals surface area contributed by atoms with Gasteiger partial charge in [-0.3, -0.25) is 4.79 Å². The fourth-order valence-corrected chi connectivity index (χ4v) is 2.15. The molecule has 1 N–H and O–H groups in total. The molecule has 0 aliphatic rings. The van der Waals surface area contributed by atoms with Gasteiger partial charge in [0.15, 0.2) is 0 Å². The number of amides is 2. The van der Waals surface area contributed by atoms with Crippen molar-refractivity contribution >= 4 is 17.7 Å². The Balaban J connectivity index is 2.89. The van der Waals surface area contributed by atoms with E-state index in [9.17, 15) is 9.59 Å². The topological polar surface area (TPSA) is 77.1 Å². The maximum Gasteiger partial charge on any atom is 0.322 e. The molecule has 1 atom stereocenters. The van der Waals surface area contributed by atoms with E-state index in [4.69, 9.17) is 9.47 Å². The summed E-state index contributed by atoms with van der Waals surface area (Å²) in [5, 5.41) is 2.82. The lowest BCUT2D eigenvalue weighted by molar-refractivity contribution is -0.140. The van der Waals surface area contributed by atoms with Crippen LogP contribution < -0.4 is 14.8 Å². The first-order chi connectivity index (χ1) is 11.5. The average Bonchev–Trinajstić information content (AvgIpc) is 2.61. The molecule has 0 saturated carbocycles.